The van der Waals surface area contributed by atoms with Crippen molar-refractivity contribution in [3.63, 3.8) is 0 Å². The molecule has 1 aliphatic heterocycles. The Labute approximate surface area is 186 Å². The van der Waals surface area contributed by atoms with Crippen molar-refractivity contribution in [3.05, 3.63) is 53.3 Å². The van der Waals surface area contributed by atoms with Crippen LogP contribution in [-0.2, 0) is 17.9 Å². The summed E-state index contributed by atoms with van der Waals surface area (Å²) in [4.78, 5) is 33.3. The predicted octanol–water partition coefficient (Wildman–Crippen LogP) is 4.35. The number of nitrogens with one attached hydrogen (secondary N) is 1. The van der Waals surface area contributed by atoms with Crippen LogP contribution in [0.25, 0.3) is 10.2 Å². The number of hydrogen-bond donors (Lipinski definition) is 1. The lowest BCUT2D eigenvalue weighted by Crippen LogP contribution is -2.64. The van der Waals surface area contributed by atoms with Crippen LogP contribution < -0.4 is 5.32 Å². The van der Waals surface area contributed by atoms with E-state index >= 15 is 0 Å². The molecule has 3 aromatic heterocycles. The number of hydrogen-bond acceptors (Lipinski definition) is 4. The number of rotatable bonds is 4. The zero-order valence-corrected chi connectivity index (χ0v) is 18.7. The third-order valence-corrected chi connectivity index (χ3v) is 7.64. The summed E-state index contributed by atoms with van der Waals surface area (Å²) in [7, 11) is 0. The number of carbonyl (C=O) groups is 2. The summed E-state index contributed by atoms with van der Waals surface area (Å²) < 4.78 is 3.11. The number of thiophene rings is 1. The molecule has 1 saturated carbocycles. The number of carbonyl (C=O) groups excluding carboxylic acids is 2. The molecule has 162 valence electrons. The Hall–Kier alpha value is -2.67. The highest BCUT2D eigenvalue weighted by atomic mass is 32.1. The van der Waals surface area contributed by atoms with Gasteiger partial charge < -0.3 is 14.8 Å². The molecule has 7 heteroatoms. The SMILES string of the molecule is C[C@@]1(C(=O)NC2CCCCCC2)Cn2c(cc3sccc32)C(=O)N1Cc1cccnc1. The second kappa shape index (κ2) is 8.11. The van der Waals surface area contributed by atoms with Crippen LogP contribution >= 0.6 is 11.3 Å². The lowest BCUT2D eigenvalue weighted by atomic mass is 9.93. The largest absolute Gasteiger partial charge is 0.351 e. The second-order valence-electron chi connectivity index (χ2n) is 8.97. The lowest BCUT2D eigenvalue weighted by Gasteiger charge is -2.44. The van der Waals surface area contributed by atoms with Crippen molar-refractivity contribution in [2.75, 3.05) is 0 Å². The molecule has 2 amide bonds. The maximum atomic E-state index is 13.7. The maximum absolute atomic E-state index is 13.7. The highest BCUT2D eigenvalue weighted by Gasteiger charge is 2.48. The average Bonchev–Trinajstić information content (AvgIpc) is 3.26. The Kier molecular flexibility index (Phi) is 5.30. The van der Waals surface area contributed by atoms with Gasteiger partial charge in [0.1, 0.15) is 11.2 Å². The van der Waals surface area contributed by atoms with E-state index in [1.165, 1.54) is 12.8 Å². The first kappa shape index (κ1) is 20.2. The van der Waals surface area contributed by atoms with Gasteiger partial charge in [-0.25, -0.2) is 0 Å². The fourth-order valence-corrected chi connectivity index (χ4v) is 5.78. The van der Waals surface area contributed by atoms with Crippen LogP contribution in [0.15, 0.2) is 42.0 Å². The monoisotopic (exact) mass is 436 g/mol. The van der Waals surface area contributed by atoms with E-state index in [-0.39, 0.29) is 17.9 Å². The van der Waals surface area contributed by atoms with E-state index < -0.39 is 5.54 Å². The van der Waals surface area contributed by atoms with Gasteiger partial charge in [-0.3, -0.25) is 14.6 Å². The fourth-order valence-electron chi connectivity index (χ4n) is 4.96. The van der Waals surface area contributed by atoms with Gasteiger partial charge in [0.05, 0.1) is 16.8 Å². The quantitative estimate of drug-likeness (QED) is 0.618. The lowest BCUT2D eigenvalue weighted by molar-refractivity contribution is -0.134. The standard InChI is InChI=1S/C24H28N4O2S/c1-24(23(30)26-18-8-4-2-3-5-9-18)16-27-19-10-12-31-21(19)13-20(27)22(29)28(24)15-17-7-6-11-25-14-17/h6-7,10-14,18H,2-5,8-9,15-16H2,1H3,(H,26,30)/t24-/m0/s1. The molecule has 3 aromatic rings. The molecular formula is C24H28N4O2S. The topological polar surface area (TPSA) is 67.2 Å². The zero-order chi connectivity index (χ0) is 21.4. The molecule has 0 saturated heterocycles. The van der Waals surface area contributed by atoms with Crippen molar-refractivity contribution in [1.29, 1.82) is 0 Å². The number of amides is 2. The molecule has 1 atom stereocenters. The van der Waals surface area contributed by atoms with Crippen LogP contribution in [0.1, 0.15) is 61.5 Å². The van der Waals surface area contributed by atoms with Crippen molar-refractivity contribution in [2.45, 2.75) is 70.1 Å². The smallest absolute Gasteiger partial charge is 0.271 e. The third-order valence-electron chi connectivity index (χ3n) is 6.79. The van der Waals surface area contributed by atoms with E-state index in [2.05, 4.69) is 10.3 Å². The van der Waals surface area contributed by atoms with Crippen molar-refractivity contribution in [3.8, 4) is 0 Å². The van der Waals surface area contributed by atoms with Gasteiger partial charge in [0.2, 0.25) is 5.91 Å². The summed E-state index contributed by atoms with van der Waals surface area (Å²) >= 11 is 1.63. The van der Waals surface area contributed by atoms with Crippen LogP contribution in [0.3, 0.4) is 0 Å². The summed E-state index contributed by atoms with van der Waals surface area (Å²) in [6, 6.07) is 8.01. The summed E-state index contributed by atoms with van der Waals surface area (Å²) in [6.45, 7) is 2.72. The molecule has 0 spiro atoms. The molecule has 31 heavy (non-hydrogen) atoms. The summed E-state index contributed by atoms with van der Waals surface area (Å²) in [6.07, 6.45) is 10.3. The molecule has 0 unspecified atom stereocenters. The van der Waals surface area contributed by atoms with Crippen LogP contribution in [0.5, 0.6) is 0 Å². The number of fused-ring (bicyclic) bond motifs is 3. The normalized spacial score (nSPS) is 22.4. The Morgan fingerprint density at radius 3 is 2.81 bits per heavy atom. The van der Waals surface area contributed by atoms with Crippen LogP contribution in [0.4, 0.5) is 0 Å². The molecule has 5 rings (SSSR count). The number of aromatic nitrogens is 2. The zero-order valence-electron chi connectivity index (χ0n) is 17.8. The van der Waals surface area contributed by atoms with Crippen LogP contribution in [0.2, 0.25) is 0 Å². The average molecular weight is 437 g/mol. The number of nitrogens with zero attached hydrogens (tertiary/aromatic N) is 3. The Balaban J connectivity index is 1.51. The second-order valence-corrected chi connectivity index (χ2v) is 9.92. The highest BCUT2D eigenvalue weighted by Crippen LogP contribution is 2.35. The van der Waals surface area contributed by atoms with Crippen molar-refractivity contribution >= 4 is 33.4 Å². The fraction of sp³-hybridized carbons (Fsp3) is 0.458. The predicted molar refractivity (Wildman–Crippen MR) is 122 cm³/mol. The molecular weight excluding hydrogens is 408 g/mol. The molecule has 0 bridgehead atoms. The first-order chi connectivity index (χ1) is 15.1. The van der Waals surface area contributed by atoms with Gasteiger partial charge >= 0.3 is 0 Å². The van der Waals surface area contributed by atoms with Gasteiger partial charge in [0.25, 0.3) is 5.91 Å². The highest BCUT2D eigenvalue weighted by molar-refractivity contribution is 7.17. The summed E-state index contributed by atoms with van der Waals surface area (Å²) in [5, 5.41) is 5.35. The van der Waals surface area contributed by atoms with Gasteiger partial charge in [-0.15, -0.1) is 11.3 Å². The third kappa shape index (κ3) is 3.65. The van der Waals surface area contributed by atoms with Crippen molar-refractivity contribution in [1.82, 2.24) is 19.8 Å². The minimum atomic E-state index is -0.972. The van der Waals surface area contributed by atoms with Gasteiger partial charge in [0.15, 0.2) is 0 Å². The van der Waals surface area contributed by atoms with Gasteiger partial charge in [0, 0.05) is 25.0 Å². The van der Waals surface area contributed by atoms with Gasteiger partial charge in [-0.2, -0.15) is 0 Å². The van der Waals surface area contributed by atoms with Crippen molar-refractivity contribution in [2.24, 2.45) is 0 Å². The van der Waals surface area contributed by atoms with E-state index in [0.29, 0.717) is 18.8 Å². The van der Waals surface area contributed by atoms with E-state index in [4.69, 9.17) is 0 Å². The Morgan fingerprint density at radius 2 is 2.06 bits per heavy atom. The first-order valence-corrected chi connectivity index (χ1v) is 12.0. The molecule has 0 aromatic carbocycles. The molecule has 2 aliphatic rings. The first-order valence-electron chi connectivity index (χ1n) is 11.1. The van der Waals surface area contributed by atoms with E-state index in [1.54, 1.807) is 28.6 Å². The maximum Gasteiger partial charge on any atom is 0.271 e. The molecule has 1 aliphatic carbocycles. The van der Waals surface area contributed by atoms with Gasteiger partial charge in [-0.1, -0.05) is 31.7 Å². The molecule has 4 heterocycles. The van der Waals surface area contributed by atoms with Crippen molar-refractivity contribution < 1.29 is 9.59 Å². The van der Waals surface area contributed by atoms with E-state index in [1.807, 2.05) is 41.1 Å². The Bertz CT molecular complexity index is 1100. The minimum absolute atomic E-state index is 0.0561. The summed E-state index contributed by atoms with van der Waals surface area (Å²) in [5.41, 5.74) is 1.64. The number of pyridine rings is 1. The molecule has 1 N–H and O–H groups in total. The molecule has 0 radical (unpaired) electrons. The molecule has 6 nitrogen and oxygen atoms in total. The minimum Gasteiger partial charge on any atom is -0.351 e. The summed E-state index contributed by atoms with van der Waals surface area (Å²) in [5.74, 6) is -0.156. The van der Waals surface area contributed by atoms with Crippen LogP contribution in [0, 0.1) is 0 Å². The van der Waals surface area contributed by atoms with Crippen LogP contribution in [-0.4, -0.2) is 37.8 Å². The van der Waals surface area contributed by atoms with E-state index in [9.17, 15) is 9.59 Å². The molecule has 1 fully saturated rings. The van der Waals surface area contributed by atoms with Gasteiger partial charge in [-0.05, 0) is 48.9 Å². The van der Waals surface area contributed by atoms with E-state index in [0.717, 1.165) is 41.5 Å². The Morgan fingerprint density at radius 1 is 1.26 bits per heavy atom.